The van der Waals surface area contributed by atoms with Crippen LogP contribution in [0.3, 0.4) is 0 Å². The molecule has 0 aliphatic rings. The maximum Gasteiger partial charge on any atom is 0.240 e. The van der Waals surface area contributed by atoms with Gasteiger partial charge < -0.3 is 5.32 Å². The van der Waals surface area contributed by atoms with Crippen LogP contribution in [0.1, 0.15) is 12.0 Å². The van der Waals surface area contributed by atoms with Crippen molar-refractivity contribution < 1.29 is 17.6 Å². The molecule has 2 N–H and O–H groups in total. The molecule has 1 heterocycles. The minimum atomic E-state index is -3.79. The van der Waals surface area contributed by atoms with Crippen molar-refractivity contribution in [3.05, 3.63) is 78.4 Å². The number of sulfonamides is 1. The number of anilines is 1. The first-order valence-corrected chi connectivity index (χ1v) is 10.0. The van der Waals surface area contributed by atoms with E-state index in [2.05, 4.69) is 15.1 Å². The zero-order chi connectivity index (χ0) is 20.0. The number of aromatic nitrogens is 2. The van der Waals surface area contributed by atoms with Crippen LogP contribution in [0.5, 0.6) is 0 Å². The Balaban J connectivity index is 1.51. The number of rotatable bonds is 8. The minimum absolute atomic E-state index is 0.0379. The van der Waals surface area contributed by atoms with Gasteiger partial charge in [-0.25, -0.2) is 17.5 Å². The molecule has 0 spiro atoms. The van der Waals surface area contributed by atoms with Crippen LogP contribution in [0, 0.1) is 5.82 Å². The summed E-state index contributed by atoms with van der Waals surface area (Å²) in [5, 5.41) is 6.88. The van der Waals surface area contributed by atoms with Crippen molar-refractivity contribution >= 4 is 21.6 Å². The molecule has 0 saturated heterocycles. The lowest BCUT2D eigenvalue weighted by molar-refractivity contribution is -0.116. The first-order chi connectivity index (χ1) is 13.4. The van der Waals surface area contributed by atoms with Gasteiger partial charge >= 0.3 is 0 Å². The van der Waals surface area contributed by atoms with E-state index < -0.39 is 15.8 Å². The Kier molecular flexibility index (Phi) is 6.17. The summed E-state index contributed by atoms with van der Waals surface area (Å²) in [6.07, 6.45) is 3.50. The molecular formula is C19H19FN4O3S. The maximum atomic E-state index is 12.9. The van der Waals surface area contributed by atoms with Gasteiger partial charge in [0.15, 0.2) is 0 Å². The number of hydrogen-bond acceptors (Lipinski definition) is 4. The number of nitrogens with zero attached hydrogens (tertiary/aromatic N) is 2. The summed E-state index contributed by atoms with van der Waals surface area (Å²) in [4.78, 5) is 12.0. The number of amides is 1. The van der Waals surface area contributed by atoms with Crippen LogP contribution in [0.25, 0.3) is 0 Å². The summed E-state index contributed by atoms with van der Waals surface area (Å²) in [5.74, 6) is -0.842. The summed E-state index contributed by atoms with van der Waals surface area (Å²) in [6.45, 7) is 0.507. The predicted molar refractivity (Wildman–Crippen MR) is 103 cm³/mol. The smallest absolute Gasteiger partial charge is 0.240 e. The van der Waals surface area contributed by atoms with Crippen molar-refractivity contribution in [2.75, 3.05) is 11.9 Å². The van der Waals surface area contributed by atoms with Crippen LogP contribution < -0.4 is 10.0 Å². The Hall–Kier alpha value is -3.04. The van der Waals surface area contributed by atoms with Crippen molar-refractivity contribution in [1.82, 2.24) is 14.5 Å². The maximum absolute atomic E-state index is 12.9. The van der Waals surface area contributed by atoms with E-state index in [-0.39, 0.29) is 23.8 Å². The lowest BCUT2D eigenvalue weighted by atomic mass is 10.2. The standard InChI is InChI=1S/C19H19FN4O3S/c20-16-5-7-18(8-6-16)28(26,27)22-11-9-19(25)23-17-4-1-3-15(13-17)14-24-12-2-10-21-24/h1-8,10,12-13,22H,9,11,14H2,(H,23,25). The quantitative estimate of drug-likeness (QED) is 0.605. The molecule has 0 saturated carbocycles. The highest BCUT2D eigenvalue weighted by Gasteiger charge is 2.14. The third kappa shape index (κ3) is 5.48. The summed E-state index contributed by atoms with van der Waals surface area (Å²) < 4.78 is 41.2. The van der Waals surface area contributed by atoms with Gasteiger partial charge in [-0.15, -0.1) is 0 Å². The van der Waals surface area contributed by atoms with E-state index in [1.54, 1.807) is 16.9 Å². The molecule has 3 aromatic rings. The Labute approximate surface area is 162 Å². The van der Waals surface area contributed by atoms with Crippen molar-refractivity contribution in [3.63, 3.8) is 0 Å². The number of hydrogen-bond donors (Lipinski definition) is 2. The fourth-order valence-corrected chi connectivity index (χ4v) is 3.58. The lowest BCUT2D eigenvalue weighted by Gasteiger charge is -2.09. The highest BCUT2D eigenvalue weighted by atomic mass is 32.2. The second-order valence-electron chi connectivity index (χ2n) is 6.05. The molecule has 1 amide bonds. The fourth-order valence-electron chi connectivity index (χ4n) is 2.55. The first kappa shape index (κ1) is 19.7. The molecule has 9 heteroatoms. The van der Waals surface area contributed by atoms with Gasteiger partial charge in [-0.05, 0) is 48.0 Å². The second kappa shape index (κ2) is 8.77. The second-order valence-corrected chi connectivity index (χ2v) is 7.82. The summed E-state index contributed by atoms with van der Waals surface area (Å²) >= 11 is 0. The zero-order valence-electron chi connectivity index (χ0n) is 14.9. The van der Waals surface area contributed by atoms with Crippen molar-refractivity contribution in [2.24, 2.45) is 0 Å². The highest BCUT2D eigenvalue weighted by molar-refractivity contribution is 7.89. The van der Waals surface area contributed by atoms with E-state index in [0.29, 0.717) is 12.2 Å². The van der Waals surface area contributed by atoms with Crippen LogP contribution >= 0.6 is 0 Å². The molecule has 0 bridgehead atoms. The van der Waals surface area contributed by atoms with Crippen LogP contribution in [0.4, 0.5) is 10.1 Å². The van der Waals surface area contributed by atoms with Gasteiger partial charge in [-0.2, -0.15) is 5.10 Å². The van der Waals surface area contributed by atoms with Gasteiger partial charge in [0.25, 0.3) is 0 Å². The highest BCUT2D eigenvalue weighted by Crippen LogP contribution is 2.13. The Morgan fingerprint density at radius 1 is 1.11 bits per heavy atom. The van der Waals surface area contributed by atoms with Crippen LogP contribution in [0.2, 0.25) is 0 Å². The summed E-state index contributed by atoms with van der Waals surface area (Å²) in [6, 6.07) is 13.6. The largest absolute Gasteiger partial charge is 0.326 e. The average molecular weight is 402 g/mol. The predicted octanol–water partition coefficient (Wildman–Crippen LogP) is 2.38. The number of benzene rings is 2. The van der Waals surface area contributed by atoms with Gasteiger partial charge in [0, 0.05) is 31.0 Å². The van der Waals surface area contributed by atoms with Gasteiger partial charge in [0.05, 0.1) is 11.4 Å². The molecule has 0 atom stereocenters. The number of halogens is 1. The van der Waals surface area contributed by atoms with E-state index in [9.17, 15) is 17.6 Å². The molecule has 0 aliphatic carbocycles. The molecule has 3 rings (SSSR count). The number of carbonyl (C=O) groups excluding carboxylic acids is 1. The zero-order valence-corrected chi connectivity index (χ0v) is 15.7. The number of nitrogens with one attached hydrogen (secondary N) is 2. The normalized spacial score (nSPS) is 11.3. The molecule has 0 fully saturated rings. The molecule has 0 unspecified atom stereocenters. The van der Waals surface area contributed by atoms with E-state index in [1.165, 1.54) is 12.1 Å². The van der Waals surface area contributed by atoms with Crippen molar-refractivity contribution in [1.29, 1.82) is 0 Å². The summed E-state index contributed by atoms with van der Waals surface area (Å²) in [5.41, 5.74) is 1.59. The molecule has 7 nitrogen and oxygen atoms in total. The monoisotopic (exact) mass is 402 g/mol. The Morgan fingerprint density at radius 2 is 1.89 bits per heavy atom. The Bertz CT molecular complexity index is 1040. The van der Waals surface area contributed by atoms with E-state index >= 15 is 0 Å². The van der Waals surface area contributed by atoms with Gasteiger partial charge in [0.2, 0.25) is 15.9 Å². The van der Waals surface area contributed by atoms with Crippen molar-refractivity contribution in [3.8, 4) is 0 Å². The molecule has 2 aromatic carbocycles. The van der Waals surface area contributed by atoms with Gasteiger partial charge in [0.1, 0.15) is 5.82 Å². The minimum Gasteiger partial charge on any atom is -0.326 e. The lowest BCUT2D eigenvalue weighted by Crippen LogP contribution is -2.27. The van der Waals surface area contributed by atoms with Gasteiger partial charge in [-0.3, -0.25) is 9.48 Å². The fraction of sp³-hybridized carbons (Fsp3) is 0.158. The molecule has 0 aliphatic heterocycles. The molecule has 1 aromatic heterocycles. The SMILES string of the molecule is O=C(CCNS(=O)(=O)c1ccc(F)cc1)Nc1cccc(Cn2cccn2)c1. The third-order valence-corrected chi connectivity index (χ3v) is 5.36. The molecular weight excluding hydrogens is 383 g/mol. The third-order valence-electron chi connectivity index (χ3n) is 3.88. The first-order valence-electron chi connectivity index (χ1n) is 8.54. The summed E-state index contributed by atoms with van der Waals surface area (Å²) in [7, 11) is -3.79. The van der Waals surface area contributed by atoms with Crippen molar-refractivity contribution in [2.45, 2.75) is 17.9 Å². The molecule has 146 valence electrons. The van der Waals surface area contributed by atoms with Gasteiger partial charge in [-0.1, -0.05) is 12.1 Å². The number of carbonyl (C=O) groups is 1. The van der Waals surface area contributed by atoms with Crippen LogP contribution in [-0.4, -0.2) is 30.7 Å². The van der Waals surface area contributed by atoms with Crippen LogP contribution in [0.15, 0.2) is 71.9 Å². The molecule has 0 radical (unpaired) electrons. The Morgan fingerprint density at radius 3 is 2.61 bits per heavy atom. The van der Waals surface area contributed by atoms with E-state index in [1.807, 2.05) is 30.5 Å². The van der Waals surface area contributed by atoms with Crippen LogP contribution in [-0.2, 0) is 21.4 Å². The van der Waals surface area contributed by atoms with E-state index in [4.69, 9.17) is 0 Å². The molecule has 28 heavy (non-hydrogen) atoms. The van der Waals surface area contributed by atoms with E-state index in [0.717, 1.165) is 17.7 Å². The average Bonchev–Trinajstić information content (AvgIpc) is 3.15. The topological polar surface area (TPSA) is 93.1 Å².